The van der Waals surface area contributed by atoms with Crippen LogP contribution in [0, 0.1) is 5.95 Å². The number of amides is 1. The van der Waals surface area contributed by atoms with Gasteiger partial charge in [0, 0.05) is 25.8 Å². The number of halogens is 1. The van der Waals surface area contributed by atoms with Crippen molar-refractivity contribution in [1.29, 1.82) is 0 Å². The van der Waals surface area contributed by atoms with E-state index in [1.165, 1.54) is 18.2 Å². The summed E-state index contributed by atoms with van der Waals surface area (Å²) in [6, 6.07) is 14.0. The summed E-state index contributed by atoms with van der Waals surface area (Å²) >= 11 is 0. The molecule has 0 spiro atoms. The molecule has 1 aromatic heterocycles. The predicted octanol–water partition coefficient (Wildman–Crippen LogP) is 2.09. The average molecular weight is 273 g/mol. The zero-order valence-corrected chi connectivity index (χ0v) is 11.2. The molecule has 0 fully saturated rings. The Hall–Kier alpha value is -2.43. The second-order valence-corrected chi connectivity index (χ2v) is 4.36. The first-order valence-corrected chi connectivity index (χ1v) is 6.34. The van der Waals surface area contributed by atoms with Crippen molar-refractivity contribution in [1.82, 2.24) is 10.3 Å². The standard InChI is InChI=1S/C15H16FN3O/c1-19(12-6-3-2-4-7-12)11-10-17-15(20)13-8-5-9-14(16)18-13/h2-9H,10-11H2,1H3,(H,17,20). The van der Waals surface area contributed by atoms with Crippen LogP contribution in [-0.2, 0) is 0 Å². The lowest BCUT2D eigenvalue weighted by molar-refractivity contribution is 0.0948. The van der Waals surface area contributed by atoms with Crippen LogP contribution in [0.2, 0.25) is 0 Å². The highest BCUT2D eigenvalue weighted by molar-refractivity contribution is 5.92. The molecule has 1 N–H and O–H groups in total. The van der Waals surface area contributed by atoms with Crippen LogP contribution in [0.1, 0.15) is 10.5 Å². The van der Waals surface area contributed by atoms with Crippen LogP contribution in [0.15, 0.2) is 48.5 Å². The number of rotatable bonds is 5. The Morgan fingerprint density at radius 1 is 1.20 bits per heavy atom. The zero-order chi connectivity index (χ0) is 14.4. The van der Waals surface area contributed by atoms with Crippen molar-refractivity contribution >= 4 is 11.6 Å². The van der Waals surface area contributed by atoms with Gasteiger partial charge in [0.1, 0.15) is 5.69 Å². The Morgan fingerprint density at radius 2 is 1.95 bits per heavy atom. The Morgan fingerprint density at radius 3 is 2.65 bits per heavy atom. The van der Waals surface area contributed by atoms with Crippen molar-refractivity contribution in [2.75, 3.05) is 25.0 Å². The van der Waals surface area contributed by atoms with Gasteiger partial charge in [-0.3, -0.25) is 4.79 Å². The summed E-state index contributed by atoms with van der Waals surface area (Å²) in [7, 11) is 1.95. The SMILES string of the molecule is CN(CCNC(=O)c1cccc(F)n1)c1ccccc1. The molecule has 4 nitrogen and oxygen atoms in total. The van der Waals surface area contributed by atoms with Crippen molar-refractivity contribution in [2.45, 2.75) is 0 Å². The molecule has 0 saturated carbocycles. The molecule has 0 radical (unpaired) electrons. The molecule has 1 aromatic carbocycles. The molecule has 104 valence electrons. The third kappa shape index (κ3) is 3.78. The summed E-state index contributed by atoms with van der Waals surface area (Å²) in [5, 5.41) is 2.72. The minimum Gasteiger partial charge on any atom is -0.373 e. The zero-order valence-electron chi connectivity index (χ0n) is 11.2. The molecule has 0 unspecified atom stereocenters. The second-order valence-electron chi connectivity index (χ2n) is 4.36. The van der Waals surface area contributed by atoms with Crippen LogP contribution in [0.4, 0.5) is 10.1 Å². The fraction of sp³-hybridized carbons (Fsp3) is 0.200. The molecule has 0 aliphatic rings. The van der Waals surface area contributed by atoms with E-state index in [1.54, 1.807) is 0 Å². The van der Waals surface area contributed by atoms with Crippen molar-refractivity contribution in [3.63, 3.8) is 0 Å². The molecule has 0 atom stereocenters. The van der Waals surface area contributed by atoms with Crippen molar-refractivity contribution < 1.29 is 9.18 Å². The monoisotopic (exact) mass is 273 g/mol. The summed E-state index contributed by atoms with van der Waals surface area (Å²) in [4.78, 5) is 17.3. The number of nitrogens with one attached hydrogen (secondary N) is 1. The highest BCUT2D eigenvalue weighted by atomic mass is 19.1. The summed E-state index contributed by atoms with van der Waals surface area (Å²) in [6.45, 7) is 1.12. The topological polar surface area (TPSA) is 45.2 Å². The maximum absolute atomic E-state index is 12.9. The van der Waals surface area contributed by atoms with Gasteiger partial charge in [0.15, 0.2) is 0 Å². The molecule has 2 aromatic rings. The molecule has 1 amide bonds. The van der Waals surface area contributed by atoms with Crippen LogP contribution >= 0.6 is 0 Å². The van der Waals surface area contributed by atoms with E-state index in [-0.39, 0.29) is 11.6 Å². The lowest BCUT2D eigenvalue weighted by Gasteiger charge is -2.19. The van der Waals surface area contributed by atoms with Gasteiger partial charge < -0.3 is 10.2 Å². The summed E-state index contributed by atoms with van der Waals surface area (Å²) in [5.74, 6) is -1.02. The van der Waals surface area contributed by atoms with E-state index in [2.05, 4.69) is 10.3 Å². The molecule has 0 saturated heterocycles. The molecule has 5 heteroatoms. The quantitative estimate of drug-likeness (QED) is 0.848. The van der Waals surface area contributed by atoms with Gasteiger partial charge in [-0.2, -0.15) is 4.39 Å². The van der Waals surface area contributed by atoms with E-state index < -0.39 is 5.95 Å². The number of para-hydroxylation sites is 1. The molecule has 0 aliphatic carbocycles. The van der Waals surface area contributed by atoms with Crippen LogP contribution in [0.25, 0.3) is 0 Å². The number of benzene rings is 1. The van der Waals surface area contributed by atoms with E-state index in [4.69, 9.17) is 0 Å². The van der Waals surface area contributed by atoms with Crippen LogP contribution in [0.3, 0.4) is 0 Å². The van der Waals surface area contributed by atoms with Gasteiger partial charge >= 0.3 is 0 Å². The van der Waals surface area contributed by atoms with Crippen LogP contribution in [0.5, 0.6) is 0 Å². The van der Waals surface area contributed by atoms with Crippen molar-refractivity contribution in [3.05, 3.63) is 60.2 Å². The second kappa shape index (κ2) is 6.65. The first-order chi connectivity index (χ1) is 9.66. The number of hydrogen-bond donors (Lipinski definition) is 1. The van der Waals surface area contributed by atoms with Gasteiger partial charge in [-0.25, -0.2) is 4.98 Å². The Kier molecular flexibility index (Phi) is 4.65. The van der Waals surface area contributed by atoms with Gasteiger partial charge in [-0.05, 0) is 24.3 Å². The smallest absolute Gasteiger partial charge is 0.270 e. The first-order valence-electron chi connectivity index (χ1n) is 6.34. The molecule has 0 bridgehead atoms. The maximum atomic E-state index is 12.9. The number of likely N-dealkylation sites (N-methyl/N-ethyl adjacent to an activating group) is 1. The maximum Gasteiger partial charge on any atom is 0.270 e. The van der Waals surface area contributed by atoms with Gasteiger partial charge in [0.25, 0.3) is 5.91 Å². The highest BCUT2D eigenvalue weighted by Crippen LogP contribution is 2.09. The van der Waals surface area contributed by atoms with Crippen LogP contribution < -0.4 is 10.2 Å². The Balaban J connectivity index is 1.83. The van der Waals surface area contributed by atoms with E-state index in [0.29, 0.717) is 13.1 Å². The molecular formula is C15H16FN3O. The van der Waals surface area contributed by atoms with Crippen LogP contribution in [-0.4, -0.2) is 31.0 Å². The number of carbonyl (C=O) groups is 1. The van der Waals surface area contributed by atoms with Gasteiger partial charge in [-0.15, -0.1) is 0 Å². The van der Waals surface area contributed by atoms with Gasteiger partial charge in [-0.1, -0.05) is 24.3 Å². The molecular weight excluding hydrogens is 257 g/mol. The Labute approximate surface area is 117 Å². The molecule has 2 rings (SSSR count). The van der Waals surface area contributed by atoms with Gasteiger partial charge in [0.2, 0.25) is 5.95 Å². The van der Waals surface area contributed by atoms with E-state index in [0.717, 1.165) is 5.69 Å². The average Bonchev–Trinajstić information content (AvgIpc) is 2.48. The number of pyridine rings is 1. The lowest BCUT2D eigenvalue weighted by Crippen LogP contribution is -2.33. The Bertz CT molecular complexity index is 574. The van der Waals surface area contributed by atoms with Crippen molar-refractivity contribution in [3.8, 4) is 0 Å². The first kappa shape index (κ1) is 14.0. The summed E-state index contributed by atoms with van der Waals surface area (Å²) in [6.07, 6.45) is 0. The highest BCUT2D eigenvalue weighted by Gasteiger charge is 2.07. The minimum absolute atomic E-state index is 0.0902. The van der Waals surface area contributed by atoms with Crippen molar-refractivity contribution in [2.24, 2.45) is 0 Å². The molecule has 1 heterocycles. The fourth-order valence-electron chi connectivity index (χ4n) is 1.77. The number of hydrogen-bond acceptors (Lipinski definition) is 3. The number of anilines is 1. The predicted molar refractivity (Wildman–Crippen MR) is 76.2 cm³/mol. The van der Waals surface area contributed by atoms with E-state index in [9.17, 15) is 9.18 Å². The van der Waals surface area contributed by atoms with E-state index in [1.807, 2.05) is 42.3 Å². The molecule has 0 aliphatic heterocycles. The normalized spacial score (nSPS) is 10.1. The third-order valence-electron chi connectivity index (χ3n) is 2.88. The number of aromatic nitrogens is 1. The lowest BCUT2D eigenvalue weighted by atomic mass is 10.3. The number of carbonyl (C=O) groups excluding carboxylic acids is 1. The summed E-state index contributed by atoms with van der Waals surface area (Å²) in [5.41, 5.74) is 1.16. The van der Waals surface area contributed by atoms with E-state index >= 15 is 0 Å². The third-order valence-corrected chi connectivity index (χ3v) is 2.88. The summed E-state index contributed by atoms with van der Waals surface area (Å²) < 4.78 is 12.9. The number of nitrogens with zero attached hydrogens (tertiary/aromatic N) is 2. The minimum atomic E-state index is -0.654. The fourth-order valence-corrected chi connectivity index (χ4v) is 1.77. The largest absolute Gasteiger partial charge is 0.373 e. The molecule has 20 heavy (non-hydrogen) atoms. The van der Waals surface area contributed by atoms with Gasteiger partial charge in [0.05, 0.1) is 0 Å².